The first-order chi connectivity index (χ1) is 12.6. The number of carbonyl (C=O) groups is 1. The molecule has 1 amide bonds. The highest BCUT2D eigenvalue weighted by Gasteiger charge is 2.23. The Morgan fingerprint density at radius 3 is 2.65 bits per heavy atom. The summed E-state index contributed by atoms with van der Waals surface area (Å²) < 4.78 is 0. The summed E-state index contributed by atoms with van der Waals surface area (Å²) in [5.41, 5.74) is 2.05. The van der Waals surface area contributed by atoms with E-state index in [-0.39, 0.29) is 11.9 Å². The van der Waals surface area contributed by atoms with Crippen LogP contribution in [0.2, 0.25) is 0 Å². The average molecular weight is 354 g/mol. The SMILES string of the molecule is CC(C)Nc1ncc(CN(Cc2ccccn2)C[C@@H]2CCC(=O)N2)cn1. The van der Waals surface area contributed by atoms with Gasteiger partial charge in [0.1, 0.15) is 0 Å². The lowest BCUT2D eigenvalue weighted by Gasteiger charge is -2.25. The van der Waals surface area contributed by atoms with Crippen molar-refractivity contribution in [2.75, 3.05) is 11.9 Å². The maximum absolute atomic E-state index is 11.5. The molecule has 7 nitrogen and oxygen atoms in total. The van der Waals surface area contributed by atoms with E-state index in [2.05, 4.69) is 44.3 Å². The van der Waals surface area contributed by atoms with E-state index in [1.807, 2.05) is 30.6 Å². The molecule has 0 aromatic carbocycles. The molecule has 3 heterocycles. The minimum Gasteiger partial charge on any atom is -0.352 e. The monoisotopic (exact) mass is 354 g/mol. The van der Waals surface area contributed by atoms with E-state index >= 15 is 0 Å². The van der Waals surface area contributed by atoms with Crippen LogP contribution < -0.4 is 10.6 Å². The first kappa shape index (κ1) is 18.3. The molecule has 1 fully saturated rings. The second-order valence-corrected chi connectivity index (χ2v) is 7.01. The highest BCUT2D eigenvalue weighted by atomic mass is 16.1. The van der Waals surface area contributed by atoms with Crippen molar-refractivity contribution in [2.45, 2.75) is 51.9 Å². The summed E-state index contributed by atoms with van der Waals surface area (Å²) in [4.78, 5) is 27.0. The van der Waals surface area contributed by atoms with Crippen molar-refractivity contribution in [3.63, 3.8) is 0 Å². The van der Waals surface area contributed by atoms with Crippen LogP contribution in [-0.4, -0.2) is 44.4 Å². The molecule has 2 N–H and O–H groups in total. The Labute approximate surface area is 154 Å². The fraction of sp³-hybridized carbons (Fsp3) is 0.474. The van der Waals surface area contributed by atoms with Crippen LogP contribution in [0.4, 0.5) is 5.95 Å². The fourth-order valence-corrected chi connectivity index (χ4v) is 3.06. The molecular formula is C19H26N6O. The number of pyridine rings is 1. The third kappa shape index (κ3) is 5.49. The molecule has 1 saturated heterocycles. The van der Waals surface area contributed by atoms with Crippen molar-refractivity contribution in [3.8, 4) is 0 Å². The van der Waals surface area contributed by atoms with Gasteiger partial charge in [-0.15, -0.1) is 0 Å². The molecule has 0 spiro atoms. The van der Waals surface area contributed by atoms with Crippen LogP contribution in [0.25, 0.3) is 0 Å². The van der Waals surface area contributed by atoms with Gasteiger partial charge in [0, 0.05) is 62.3 Å². The minimum absolute atomic E-state index is 0.139. The molecule has 138 valence electrons. The molecule has 0 radical (unpaired) electrons. The number of rotatable bonds is 8. The summed E-state index contributed by atoms with van der Waals surface area (Å²) in [6.45, 7) is 6.34. The molecule has 0 aliphatic carbocycles. The van der Waals surface area contributed by atoms with Crippen molar-refractivity contribution in [1.29, 1.82) is 0 Å². The van der Waals surface area contributed by atoms with Crippen LogP contribution in [0.1, 0.15) is 37.9 Å². The lowest BCUT2D eigenvalue weighted by Crippen LogP contribution is -2.38. The molecule has 3 rings (SSSR count). The molecule has 26 heavy (non-hydrogen) atoms. The summed E-state index contributed by atoms with van der Waals surface area (Å²) in [6.07, 6.45) is 7.01. The van der Waals surface area contributed by atoms with Crippen molar-refractivity contribution in [2.24, 2.45) is 0 Å². The summed E-state index contributed by atoms with van der Waals surface area (Å²) >= 11 is 0. The largest absolute Gasteiger partial charge is 0.352 e. The second-order valence-electron chi connectivity index (χ2n) is 7.01. The highest BCUT2D eigenvalue weighted by Crippen LogP contribution is 2.14. The Bertz CT molecular complexity index is 704. The van der Waals surface area contributed by atoms with E-state index < -0.39 is 0 Å². The Morgan fingerprint density at radius 2 is 2.04 bits per heavy atom. The van der Waals surface area contributed by atoms with E-state index in [1.54, 1.807) is 6.20 Å². The minimum atomic E-state index is 0.139. The van der Waals surface area contributed by atoms with Gasteiger partial charge >= 0.3 is 0 Å². The number of nitrogens with one attached hydrogen (secondary N) is 2. The third-order valence-corrected chi connectivity index (χ3v) is 4.20. The van der Waals surface area contributed by atoms with Gasteiger partial charge in [-0.1, -0.05) is 6.07 Å². The third-order valence-electron chi connectivity index (χ3n) is 4.20. The van der Waals surface area contributed by atoms with E-state index in [9.17, 15) is 4.79 Å². The van der Waals surface area contributed by atoms with Gasteiger partial charge in [0.25, 0.3) is 0 Å². The Hall–Kier alpha value is -2.54. The first-order valence-corrected chi connectivity index (χ1v) is 9.07. The van der Waals surface area contributed by atoms with E-state index in [0.29, 0.717) is 25.0 Å². The van der Waals surface area contributed by atoms with Crippen molar-refractivity contribution >= 4 is 11.9 Å². The van der Waals surface area contributed by atoms with Gasteiger partial charge in [-0.2, -0.15) is 0 Å². The molecule has 0 bridgehead atoms. The number of anilines is 1. The van der Waals surface area contributed by atoms with Gasteiger partial charge in [-0.25, -0.2) is 9.97 Å². The second kappa shape index (κ2) is 8.71. The number of hydrogen-bond acceptors (Lipinski definition) is 6. The zero-order valence-electron chi connectivity index (χ0n) is 15.4. The zero-order chi connectivity index (χ0) is 18.4. The zero-order valence-corrected chi connectivity index (χ0v) is 15.4. The van der Waals surface area contributed by atoms with E-state index in [4.69, 9.17) is 0 Å². The lowest BCUT2D eigenvalue weighted by molar-refractivity contribution is -0.119. The van der Waals surface area contributed by atoms with Gasteiger partial charge in [-0.05, 0) is 32.4 Å². The molecular weight excluding hydrogens is 328 g/mol. The quantitative estimate of drug-likeness (QED) is 0.754. The first-order valence-electron chi connectivity index (χ1n) is 9.07. The summed E-state index contributed by atoms with van der Waals surface area (Å²) in [6, 6.07) is 6.42. The van der Waals surface area contributed by atoms with Crippen LogP contribution in [0.15, 0.2) is 36.8 Å². The maximum atomic E-state index is 11.5. The Balaban J connectivity index is 1.66. The Kier molecular flexibility index (Phi) is 6.12. The number of aromatic nitrogens is 3. The number of amides is 1. The number of hydrogen-bond donors (Lipinski definition) is 2. The summed E-state index contributed by atoms with van der Waals surface area (Å²) in [5, 5.41) is 6.24. The number of carbonyl (C=O) groups excluding carboxylic acids is 1. The molecule has 2 aromatic rings. The maximum Gasteiger partial charge on any atom is 0.222 e. The van der Waals surface area contributed by atoms with Gasteiger partial charge in [0.05, 0.1) is 5.69 Å². The van der Waals surface area contributed by atoms with Gasteiger partial charge < -0.3 is 10.6 Å². The molecule has 0 saturated carbocycles. The predicted octanol–water partition coefficient (Wildman–Crippen LogP) is 1.97. The van der Waals surface area contributed by atoms with Crippen LogP contribution in [-0.2, 0) is 17.9 Å². The molecule has 0 unspecified atom stereocenters. The molecule has 1 aliphatic rings. The highest BCUT2D eigenvalue weighted by molar-refractivity contribution is 5.78. The van der Waals surface area contributed by atoms with E-state index in [0.717, 1.165) is 30.8 Å². The smallest absolute Gasteiger partial charge is 0.222 e. The Morgan fingerprint density at radius 1 is 1.23 bits per heavy atom. The predicted molar refractivity (Wildman–Crippen MR) is 100 cm³/mol. The van der Waals surface area contributed by atoms with Crippen molar-refractivity contribution < 1.29 is 4.79 Å². The molecule has 1 aliphatic heterocycles. The van der Waals surface area contributed by atoms with Gasteiger partial charge in [0.2, 0.25) is 11.9 Å². The average Bonchev–Trinajstić information content (AvgIpc) is 3.02. The van der Waals surface area contributed by atoms with Crippen LogP contribution >= 0.6 is 0 Å². The van der Waals surface area contributed by atoms with E-state index in [1.165, 1.54) is 0 Å². The standard InChI is InChI=1S/C19H26N6O/c1-14(2)23-19-21-9-15(10-22-19)11-25(12-16-5-3-4-8-20-16)13-17-6-7-18(26)24-17/h3-5,8-10,14,17H,6-7,11-13H2,1-2H3,(H,24,26)(H,21,22,23)/t17-/m0/s1. The van der Waals surface area contributed by atoms with Crippen molar-refractivity contribution in [1.82, 2.24) is 25.2 Å². The molecule has 2 aromatic heterocycles. The summed E-state index contributed by atoms with van der Waals surface area (Å²) in [7, 11) is 0. The summed E-state index contributed by atoms with van der Waals surface area (Å²) in [5.74, 6) is 0.781. The van der Waals surface area contributed by atoms with Crippen molar-refractivity contribution in [3.05, 3.63) is 48.0 Å². The van der Waals surface area contributed by atoms with Crippen LogP contribution in [0, 0.1) is 0 Å². The van der Waals surface area contributed by atoms with Gasteiger partial charge in [-0.3, -0.25) is 14.7 Å². The fourth-order valence-electron chi connectivity index (χ4n) is 3.06. The lowest BCUT2D eigenvalue weighted by atomic mass is 10.2. The van der Waals surface area contributed by atoms with Crippen LogP contribution in [0.5, 0.6) is 0 Å². The normalized spacial score (nSPS) is 16.9. The number of nitrogens with zero attached hydrogens (tertiary/aromatic N) is 4. The van der Waals surface area contributed by atoms with Crippen LogP contribution in [0.3, 0.4) is 0 Å². The molecule has 7 heteroatoms. The molecule has 1 atom stereocenters. The topological polar surface area (TPSA) is 83.0 Å². The van der Waals surface area contributed by atoms with Gasteiger partial charge in [0.15, 0.2) is 0 Å².